The highest BCUT2D eigenvalue weighted by atomic mass is 19.1. The van der Waals surface area contributed by atoms with E-state index in [-0.39, 0.29) is 18.9 Å². The molecule has 0 radical (unpaired) electrons. The maximum atomic E-state index is 13.2. The number of aliphatic hydroxyl groups is 1. The lowest BCUT2D eigenvalue weighted by atomic mass is 10.3. The van der Waals surface area contributed by atoms with Crippen LogP contribution in [0.2, 0.25) is 0 Å². The van der Waals surface area contributed by atoms with E-state index < -0.39 is 5.82 Å². The van der Waals surface area contributed by atoms with Crippen molar-refractivity contribution in [3.63, 3.8) is 0 Å². The molecule has 0 saturated heterocycles. The minimum Gasteiger partial charge on any atom is -0.395 e. The minimum atomic E-state index is -0.395. The molecule has 0 fully saturated rings. The summed E-state index contributed by atoms with van der Waals surface area (Å²) in [5.41, 5.74) is 2.15. The van der Waals surface area contributed by atoms with Crippen LogP contribution in [0, 0.1) is 5.82 Å². The Morgan fingerprint density at radius 3 is 2.84 bits per heavy atom. The lowest BCUT2D eigenvalue weighted by Crippen LogP contribution is -2.16. The van der Waals surface area contributed by atoms with Crippen LogP contribution < -0.4 is 10.6 Å². The van der Waals surface area contributed by atoms with Gasteiger partial charge in [-0.2, -0.15) is 0 Å². The van der Waals surface area contributed by atoms with Gasteiger partial charge in [0.25, 0.3) is 0 Å². The minimum absolute atomic E-state index is 0.0107. The van der Waals surface area contributed by atoms with Crippen molar-refractivity contribution in [2.75, 3.05) is 23.8 Å². The summed E-state index contributed by atoms with van der Waals surface area (Å²) < 4.78 is 15.1. The second kappa shape index (κ2) is 7.76. The van der Waals surface area contributed by atoms with Crippen LogP contribution in [0.4, 0.5) is 16.0 Å². The second-order valence-corrected chi connectivity index (χ2v) is 5.53. The van der Waals surface area contributed by atoms with Crippen molar-refractivity contribution in [3.05, 3.63) is 54.3 Å². The van der Waals surface area contributed by atoms with Crippen LogP contribution in [0.25, 0.3) is 11.0 Å². The number of fused-ring (bicyclic) bond motifs is 1. The molecular weight excluding hydrogens is 323 g/mol. The van der Waals surface area contributed by atoms with Crippen molar-refractivity contribution in [2.45, 2.75) is 13.0 Å². The summed E-state index contributed by atoms with van der Waals surface area (Å²) in [5, 5.41) is 14.7. The normalized spacial score (nSPS) is 10.8. The first-order chi connectivity index (χ1) is 12.2. The molecule has 0 bridgehead atoms. The standard InChI is InChI=1S/C18H19FN4O2/c19-13-4-3-5-14(12-13)21-17(25)8-10-23-16-7-2-1-6-15(16)22-18(23)20-9-11-24/h1-7,12,24H,8-11H2,(H,20,22)(H,21,25). The van der Waals surface area contributed by atoms with Gasteiger partial charge in [-0.3, -0.25) is 4.79 Å². The average Bonchev–Trinajstić information content (AvgIpc) is 2.95. The Morgan fingerprint density at radius 1 is 1.20 bits per heavy atom. The van der Waals surface area contributed by atoms with E-state index in [0.29, 0.717) is 24.7 Å². The van der Waals surface area contributed by atoms with Crippen LogP contribution in [-0.4, -0.2) is 33.7 Å². The maximum absolute atomic E-state index is 13.2. The average molecular weight is 342 g/mol. The zero-order chi connectivity index (χ0) is 17.6. The van der Waals surface area contributed by atoms with Crippen molar-refractivity contribution in [1.29, 1.82) is 0 Å². The van der Waals surface area contributed by atoms with Gasteiger partial charge in [0.05, 0.1) is 17.6 Å². The van der Waals surface area contributed by atoms with E-state index in [2.05, 4.69) is 15.6 Å². The lowest BCUT2D eigenvalue weighted by molar-refractivity contribution is -0.116. The number of benzene rings is 2. The van der Waals surface area contributed by atoms with Gasteiger partial charge in [0, 0.05) is 25.2 Å². The predicted molar refractivity (Wildman–Crippen MR) is 95.0 cm³/mol. The Balaban J connectivity index is 1.72. The van der Waals surface area contributed by atoms with Crippen LogP contribution >= 0.6 is 0 Å². The number of carbonyl (C=O) groups is 1. The van der Waals surface area contributed by atoms with Gasteiger partial charge in [-0.15, -0.1) is 0 Å². The maximum Gasteiger partial charge on any atom is 0.226 e. The third-order valence-electron chi connectivity index (χ3n) is 3.72. The summed E-state index contributed by atoms with van der Waals surface area (Å²) in [4.78, 5) is 16.6. The molecule has 0 aliphatic rings. The van der Waals surface area contributed by atoms with Gasteiger partial charge < -0.3 is 20.3 Å². The molecule has 0 spiro atoms. The van der Waals surface area contributed by atoms with Gasteiger partial charge in [0.2, 0.25) is 11.9 Å². The number of imidazole rings is 1. The van der Waals surface area contributed by atoms with Gasteiger partial charge in [-0.05, 0) is 30.3 Å². The number of hydrogen-bond donors (Lipinski definition) is 3. The third kappa shape index (κ3) is 4.13. The first-order valence-corrected chi connectivity index (χ1v) is 8.03. The number of nitrogens with zero attached hydrogens (tertiary/aromatic N) is 2. The summed E-state index contributed by atoms with van der Waals surface area (Å²) >= 11 is 0. The zero-order valence-corrected chi connectivity index (χ0v) is 13.6. The summed E-state index contributed by atoms with van der Waals surface area (Å²) in [6.45, 7) is 0.775. The quantitative estimate of drug-likeness (QED) is 0.617. The molecular formula is C18H19FN4O2. The van der Waals surface area contributed by atoms with Crippen LogP contribution in [-0.2, 0) is 11.3 Å². The van der Waals surface area contributed by atoms with E-state index in [1.54, 1.807) is 12.1 Å². The monoisotopic (exact) mass is 342 g/mol. The molecule has 0 unspecified atom stereocenters. The van der Waals surface area contributed by atoms with Crippen LogP contribution in [0.5, 0.6) is 0 Å². The molecule has 6 nitrogen and oxygen atoms in total. The Hall–Kier alpha value is -2.93. The molecule has 0 saturated carbocycles. The van der Waals surface area contributed by atoms with Crippen molar-refractivity contribution >= 4 is 28.6 Å². The van der Waals surface area contributed by atoms with Gasteiger partial charge in [-0.1, -0.05) is 18.2 Å². The van der Waals surface area contributed by atoms with Gasteiger partial charge in [-0.25, -0.2) is 9.37 Å². The fourth-order valence-corrected chi connectivity index (χ4v) is 2.61. The Morgan fingerprint density at radius 2 is 2.04 bits per heavy atom. The molecule has 0 atom stereocenters. The highest BCUT2D eigenvalue weighted by Crippen LogP contribution is 2.20. The Bertz CT molecular complexity index is 878. The van der Waals surface area contributed by atoms with Crippen LogP contribution in [0.3, 0.4) is 0 Å². The number of nitrogens with one attached hydrogen (secondary N) is 2. The Labute approximate surface area is 144 Å². The molecule has 2 aromatic carbocycles. The third-order valence-corrected chi connectivity index (χ3v) is 3.72. The first-order valence-electron chi connectivity index (χ1n) is 8.03. The van der Waals surface area contributed by atoms with E-state index in [9.17, 15) is 9.18 Å². The first kappa shape index (κ1) is 16.9. The van der Waals surface area contributed by atoms with Crippen LogP contribution in [0.15, 0.2) is 48.5 Å². The number of hydrogen-bond acceptors (Lipinski definition) is 4. The number of amides is 1. The number of aliphatic hydroxyl groups excluding tert-OH is 1. The molecule has 3 rings (SSSR count). The smallest absolute Gasteiger partial charge is 0.226 e. The molecule has 25 heavy (non-hydrogen) atoms. The van der Waals surface area contributed by atoms with Crippen molar-refractivity contribution in [1.82, 2.24) is 9.55 Å². The summed E-state index contributed by atoms with van der Waals surface area (Å²) in [7, 11) is 0. The Kier molecular flexibility index (Phi) is 5.25. The molecule has 7 heteroatoms. The zero-order valence-electron chi connectivity index (χ0n) is 13.6. The molecule has 1 amide bonds. The molecule has 3 aromatic rings. The second-order valence-electron chi connectivity index (χ2n) is 5.53. The number of para-hydroxylation sites is 2. The number of halogens is 1. The van der Waals surface area contributed by atoms with Crippen molar-refractivity contribution in [3.8, 4) is 0 Å². The van der Waals surface area contributed by atoms with E-state index in [0.717, 1.165) is 11.0 Å². The van der Waals surface area contributed by atoms with Crippen molar-refractivity contribution < 1.29 is 14.3 Å². The summed E-state index contributed by atoms with van der Waals surface area (Å²) in [6.07, 6.45) is 0.213. The number of rotatable bonds is 7. The molecule has 1 aromatic heterocycles. The van der Waals surface area contributed by atoms with E-state index in [1.165, 1.54) is 12.1 Å². The fourth-order valence-electron chi connectivity index (χ4n) is 2.61. The topological polar surface area (TPSA) is 79.2 Å². The number of aromatic nitrogens is 2. The summed E-state index contributed by atoms with van der Waals surface area (Å²) in [5.74, 6) is -0.000752. The highest BCUT2D eigenvalue weighted by Gasteiger charge is 2.12. The predicted octanol–water partition coefficient (Wildman–Crippen LogP) is 2.61. The van der Waals surface area contributed by atoms with Crippen LogP contribution in [0.1, 0.15) is 6.42 Å². The van der Waals surface area contributed by atoms with Gasteiger partial charge >= 0.3 is 0 Å². The fraction of sp³-hybridized carbons (Fsp3) is 0.222. The van der Waals surface area contributed by atoms with Crippen molar-refractivity contribution in [2.24, 2.45) is 0 Å². The number of carbonyl (C=O) groups excluding carboxylic acids is 1. The molecule has 130 valence electrons. The SMILES string of the molecule is O=C(CCn1c(NCCO)nc2ccccc21)Nc1cccc(F)c1. The highest BCUT2D eigenvalue weighted by molar-refractivity contribution is 5.90. The lowest BCUT2D eigenvalue weighted by Gasteiger charge is -2.10. The van der Waals surface area contributed by atoms with Gasteiger partial charge in [0.1, 0.15) is 5.82 Å². The van der Waals surface area contributed by atoms with Gasteiger partial charge in [0.15, 0.2) is 0 Å². The molecule has 0 aliphatic heterocycles. The number of aryl methyl sites for hydroxylation is 1. The molecule has 3 N–H and O–H groups in total. The molecule has 0 aliphatic carbocycles. The summed E-state index contributed by atoms with van der Waals surface area (Å²) in [6, 6.07) is 13.4. The van der Waals surface area contributed by atoms with E-state index >= 15 is 0 Å². The van der Waals surface area contributed by atoms with E-state index in [4.69, 9.17) is 5.11 Å². The largest absolute Gasteiger partial charge is 0.395 e. The number of anilines is 2. The molecule has 1 heterocycles. The van der Waals surface area contributed by atoms with E-state index in [1.807, 2.05) is 28.8 Å².